The van der Waals surface area contributed by atoms with Crippen molar-refractivity contribution in [2.75, 3.05) is 11.9 Å². The van der Waals surface area contributed by atoms with Gasteiger partial charge in [0.2, 0.25) is 5.91 Å². The molecular formula is C22H20N4O3S. The number of benzene rings is 2. The van der Waals surface area contributed by atoms with Crippen molar-refractivity contribution in [2.24, 2.45) is 0 Å². The second-order valence-electron chi connectivity index (χ2n) is 6.28. The zero-order valence-corrected chi connectivity index (χ0v) is 17.3. The van der Waals surface area contributed by atoms with Crippen molar-refractivity contribution in [3.05, 3.63) is 70.5 Å². The first-order valence-corrected chi connectivity index (χ1v) is 10.2. The maximum atomic E-state index is 12.6. The van der Waals surface area contributed by atoms with E-state index in [1.165, 1.54) is 0 Å². The molecule has 0 radical (unpaired) electrons. The molecule has 0 fully saturated rings. The SMILES string of the molecule is CCOc1ccc(NC(=O)[C@H](C)Sc2nc(-c3ccccc3)c(C#N)c(=O)[nH]2)cc1. The van der Waals surface area contributed by atoms with Crippen LogP contribution in [0.2, 0.25) is 0 Å². The molecule has 1 heterocycles. The molecule has 1 aromatic heterocycles. The van der Waals surface area contributed by atoms with Crippen molar-refractivity contribution >= 4 is 23.4 Å². The Morgan fingerprint density at radius 2 is 1.93 bits per heavy atom. The van der Waals surface area contributed by atoms with Gasteiger partial charge in [-0.2, -0.15) is 5.26 Å². The number of thioether (sulfide) groups is 1. The molecule has 0 saturated heterocycles. The van der Waals surface area contributed by atoms with Crippen LogP contribution in [0.25, 0.3) is 11.3 Å². The minimum absolute atomic E-state index is 0.0583. The molecule has 2 aromatic carbocycles. The number of hydrogen-bond donors (Lipinski definition) is 2. The quantitative estimate of drug-likeness (QED) is 0.444. The fourth-order valence-corrected chi connectivity index (χ4v) is 3.48. The van der Waals surface area contributed by atoms with Crippen molar-refractivity contribution in [3.8, 4) is 23.1 Å². The maximum absolute atomic E-state index is 12.6. The summed E-state index contributed by atoms with van der Waals surface area (Å²) in [5.74, 6) is 0.489. The fourth-order valence-electron chi connectivity index (χ4n) is 2.68. The molecule has 0 aliphatic carbocycles. The van der Waals surface area contributed by atoms with Crippen molar-refractivity contribution < 1.29 is 9.53 Å². The zero-order valence-electron chi connectivity index (χ0n) is 16.5. The van der Waals surface area contributed by atoms with E-state index in [9.17, 15) is 14.9 Å². The summed E-state index contributed by atoms with van der Waals surface area (Å²) >= 11 is 1.11. The van der Waals surface area contributed by atoms with Gasteiger partial charge in [-0.1, -0.05) is 42.1 Å². The molecular weight excluding hydrogens is 400 g/mol. The van der Waals surface area contributed by atoms with Gasteiger partial charge in [-0.25, -0.2) is 4.98 Å². The number of nitrogens with one attached hydrogen (secondary N) is 2. The third-order valence-electron chi connectivity index (χ3n) is 4.15. The van der Waals surface area contributed by atoms with Gasteiger partial charge in [-0.15, -0.1) is 0 Å². The molecule has 0 saturated carbocycles. The molecule has 0 aliphatic rings. The van der Waals surface area contributed by atoms with Gasteiger partial charge in [0.05, 0.1) is 17.6 Å². The number of carbonyl (C=O) groups excluding carboxylic acids is 1. The van der Waals surface area contributed by atoms with Crippen LogP contribution in [0, 0.1) is 11.3 Å². The Hall–Kier alpha value is -3.57. The van der Waals surface area contributed by atoms with Crippen LogP contribution in [0.1, 0.15) is 19.4 Å². The Balaban J connectivity index is 1.77. The minimum Gasteiger partial charge on any atom is -0.494 e. The first kappa shape index (κ1) is 21.1. The predicted octanol–water partition coefficient (Wildman–Crippen LogP) is 3.83. The smallest absolute Gasteiger partial charge is 0.270 e. The van der Waals surface area contributed by atoms with Crippen LogP contribution >= 0.6 is 11.8 Å². The highest BCUT2D eigenvalue weighted by Gasteiger charge is 2.19. The van der Waals surface area contributed by atoms with Gasteiger partial charge in [-0.3, -0.25) is 9.59 Å². The first-order valence-electron chi connectivity index (χ1n) is 9.32. The number of hydrogen-bond acceptors (Lipinski definition) is 6. The first-order chi connectivity index (χ1) is 14.5. The van der Waals surface area contributed by atoms with E-state index in [1.807, 2.05) is 19.1 Å². The van der Waals surface area contributed by atoms with E-state index < -0.39 is 10.8 Å². The van der Waals surface area contributed by atoms with E-state index in [0.29, 0.717) is 23.6 Å². The Labute approximate surface area is 178 Å². The molecule has 3 aromatic rings. The van der Waals surface area contributed by atoms with Crippen molar-refractivity contribution in [2.45, 2.75) is 24.3 Å². The van der Waals surface area contributed by atoms with Gasteiger partial charge >= 0.3 is 0 Å². The molecule has 0 bridgehead atoms. The fraction of sp³-hybridized carbons (Fsp3) is 0.182. The standard InChI is InChI=1S/C22H20N4O3S/c1-3-29-17-11-9-16(10-12-17)24-20(27)14(2)30-22-25-19(15-7-5-4-6-8-15)18(13-23)21(28)26-22/h4-12,14H,3H2,1-2H3,(H,24,27)(H,25,26,28)/t14-/m0/s1. The molecule has 1 atom stereocenters. The van der Waals surface area contributed by atoms with E-state index in [4.69, 9.17) is 4.74 Å². The number of nitrogens with zero attached hydrogens (tertiary/aromatic N) is 2. The Morgan fingerprint density at radius 1 is 1.23 bits per heavy atom. The second kappa shape index (κ2) is 9.76. The number of aromatic amines is 1. The predicted molar refractivity (Wildman–Crippen MR) is 117 cm³/mol. The summed E-state index contributed by atoms with van der Waals surface area (Å²) in [6, 6.07) is 18.0. The molecule has 152 valence electrons. The number of rotatable bonds is 7. The average Bonchev–Trinajstić information content (AvgIpc) is 2.75. The number of H-pyrrole nitrogens is 1. The molecule has 2 N–H and O–H groups in total. The van der Waals surface area contributed by atoms with Gasteiger partial charge in [-0.05, 0) is 38.1 Å². The van der Waals surface area contributed by atoms with E-state index in [-0.39, 0.29) is 16.6 Å². The Bertz CT molecular complexity index is 1120. The number of ether oxygens (including phenoxy) is 1. The van der Waals surface area contributed by atoms with E-state index in [2.05, 4.69) is 15.3 Å². The number of aromatic nitrogens is 2. The van der Waals surface area contributed by atoms with Crippen LogP contribution in [0.5, 0.6) is 5.75 Å². The normalized spacial score (nSPS) is 11.4. The van der Waals surface area contributed by atoms with Crippen LogP contribution in [0.4, 0.5) is 5.69 Å². The highest BCUT2D eigenvalue weighted by Crippen LogP contribution is 2.25. The minimum atomic E-state index is -0.534. The lowest BCUT2D eigenvalue weighted by molar-refractivity contribution is -0.115. The van der Waals surface area contributed by atoms with Gasteiger partial charge in [0.1, 0.15) is 17.4 Å². The van der Waals surface area contributed by atoms with E-state index in [1.54, 1.807) is 55.5 Å². The summed E-state index contributed by atoms with van der Waals surface area (Å²) in [6.07, 6.45) is 0. The number of amides is 1. The summed E-state index contributed by atoms with van der Waals surface area (Å²) in [4.78, 5) is 31.9. The molecule has 7 nitrogen and oxygen atoms in total. The zero-order chi connectivity index (χ0) is 21.5. The highest BCUT2D eigenvalue weighted by molar-refractivity contribution is 8.00. The Morgan fingerprint density at radius 3 is 2.57 bits per heavy atom. The van der Waals surface area contributed by atoms with Gasteiger partial charge in [0, 0.05) is 11.3 Å². The van der Waals surface area contributed by atoms with Crippen LogP contribution in [-0.4, -0.2) is 27.7 Å². The van der Waals surface area contributed by atoms with Crippen LogP contribution in [0.15, 0.2) is 64.5 Å². The monoisotopic (exact) mass is 420 g/mol. The van der Waals surface area contributed by atoms with Gasteiger partial charge < -0.3 is 15.0 Å². The number of carbonyl (C=O) groups is 1. The van der Waals surface area contributed by atoms with Crippen molar-refractivity contribution in [3.63, 3.8) is 0 Å². The maximum Gasteiger partial charge on any atom is 0.270 e. The lowest BCUT2D eigenvalue weighted by Crippen LogP contribution is -2.23. The molecule has 3 rings (SSSR count). The van der Waals surface area contributed by atoms with E-state index in [0.717, 1.165) is 17.5 Å². The second-order valence-corrected chi connectivity index (χ2v) is 7.61. The molecule has 30 heavy (non-hydrogen) atoms. The summed E-state index contributed by atoms with van der Waals surface area (Å²) in [7, 11) is 0. The average molecular weight is 420 g/mol. The van der Waals surface area contributed by atoms with Crippen molar-refractivity contribution in [1.29, 1.82) is 5.26 Å². The van der Waals surface area contributed by atoms with E-state index >= 15 is 0 Å². The summed E-state index contributed by atoms with van der Waals surface area (Å²) in [6.45, 7) is 4.19. The van der Waals surface area contributed by atoms with Crippen LogP contribution in [0.3, 0.4) is 0 Å². The van der Waals surface area contributed by atoms with Crippen LogP contribution < -0.4 is 15.6 Å². The van der Waals surface area contributed by atoms with Crippen LogP contribution in [-0.2, 0) is 4.79 Å². The lowest BCUT2D eigenvalue weighted by atomic mass is 10.1. The third-order valence-corrected chi connectivity index (χ3v) is 5.13. The molecule has 0 unspecified atom stereocenters. The topological polar surface area (TPSA) is 108 Å². The third kappa shape index (κ3) is 5.07. The lowest BCUT2D eigenvalue weighted by Gasteiger charge is -2.13. The molecule has 0 spiro atoms. The summed E-state index contributed by atoms with van der Waals surface area (Å²) in [5.41, 5.74) is 1.00. The van der Waals surface area contributed by atoms with Gasteiger partial charge in [0.15, 0.2) is 5.16 Å². The highest BCUT2D eigenvalue weighted by atomic mass is 32.2. The summed E-state index contributed by atoms with van der Waals surface area (Å²) < 4.78 is 5.39. The number of nitriles is 1. The molecule has 0 aliphatic heterocycles. The molecule has 1 amide bonds. The summed E-state index contributed by atoms with van der Waals surface area (Å²) in [5, 5.41) is 11.9. The largest absolute Gasteiger partial charge is 0.494 e. The number of anilines is 1. The Kier molecular flexibility index (Phi) is 6.88. The molecule has 8 heteroatoms. The van der Waals surface area contributed by atoms with Crippen molar-refractivity contribution in [1.82, 2.24) is 9.97 Å². The van der Waals surface area contributed by atoms with Gasteiger partial charge in [0.25, 0.3) is 5.56 Å².